The van der Waals surface area contributed by atoms with Gasteiger partial charge in [0.05, 0.1) is 5.69 Å². The maximum absolute atomic E-state index is 10.3. The summed E-state index contributed by atoms with van der Waals surface area (Å²) in [6.45, 7) is 3.62. The molecule has 0 spiro atoms. The summed E-state index contributed by atoms with van der Waals surface area (Å²) in [6, 6.07) is 0. The molecule has 1 heterocycles. The summed E-state index contributed by atoms with van der Waals surface area (Å²) in [5.41, 5.74) is 0.831. The zero-order valence-electron chi connectivity index (χ0n) is 8.23. The number of imidazole rings is 1. The van der Waals surface area contributed by atoms with Gasteiger partial charge in [-0.25, -0.2) is 4.98 Å². The van der Waals surface area contributed by atoms with E-state index in [-0.39, 0.29) is 6.42 Å². The second kappa shape index (κ2) is 4.60. The molecule has 14 heavy (non-hydrogen) atoms. The minimum atomic E-state index is -0.761. The molecule has 4 nitrogen and oxygen atoms in total. The van der Waals surface area contributed by atoms with Gasteiger partial charge < -0.3 is 9.67 Å². The van der Waals surface area contributed by atoms with Crippen molar-refractivity contribution in [3.63, 3.8) is 0 Å². The summed E-state index contributed by atoms with van der Waals surface area (Å²) in [6.07, 6.45) is 5.06. The average molecular weight is 194 g/mol. The van der Waals surface area contributed by atoms with Crippen LogP contribution in [0.1, 0.15) is 24.4 Å². The Morgan fingerprint density at radius 3 is 3.00 bits per heavy atom. The Kier molecular flexibility index (Phi) is 3.45. The van der Waals surface area contributed by atoms with Crippen molar-refractivity contribution in [3.05, 3.63) is 24.3 Å². The molecule has 1 aromatic rings. The molecule has 1 N–H and O–H groups in total. The van der Waals surface area contributed by atoms with E-state index < -0.39 is 5.97 Å². The van der Waals surface area contributed by atoms with Gasteiger partial charge in [0.15, 0.2) is 0 Å². The zero-order chi connectivity index (χ0) is 10.6. The van der Waals surface area contributed by atoms with Crippen molar-refractivity contribution in [1.82, 2.24) is 9.55 Å². The van der Waals surface area contributed by atoms with Crippen LogP contribution in [0.5, 0.6) is 0 Å². The molecule has 0 bridgehead atoms. The Labute approximate surface area is 82.9 Å². The lowest BCUT2D eigenvalue weighted by Crippen LogP contribution is -2.00. The second-order valence-corrected chi connectivity index (χ2v) is 3.14. The summed E-state index contributed by atoms with van der Waals surface area (Å²) in [4.78, 5) is 14.6. The molecule has 1 aromatic heterocycles. The van der Waals surface area contributed by atoms with Gasteiger partial charge in [-0.05, 0) is 12.5 Å². The van der Waals surface area contributed by atoms with Crippen LogP contribution >= 0.6 is 0 Å². The van der Waals surface area contributed by atoms with Crippen LogP contribution < -0.4 is 0 Å². The quantitative estimate of drug-likeness (QED) is 0.772. The third kappa shape index (κ3) is 2.73. The summed E-state index contributed by atoms with van der Waals surface area (Å²) < 4.78 is 1.90. The lowest BCUT2D eigenvalue weighted by Gasteiger charge is -1.98. The SMILES string of the molecule is C=Cc1cn(C)c(CCCC(=O)O)n1. The van der Waals surface area contributed by atoms with Crippen molar-refractivity contribution in [3.8, 4) is 0 Å². The first-order valence-electron chi connectivity index (χ1n) is 4.50. The molecule has 1 rings (SSSR count). The third-order valence-electron chi connectivity index (χ3n) is 1.99. The Morgan fingerprint density at radius 2 is 2.50 bits per heavy atom. The lowest BCUT2D eigenvalue weighted by molar-refractivity contribution is -0.137. The highest BCUT2D eigenvalue weighted by Gasteiger charge is 2.04. The van der Waals surface area contributed by atoms with E-state index in [1.54, 1.807) is 6.08 Å². The maximum atomic E-state index is 10.3. The van der Waals surface area contributed by atoms with E-state index in [0.717, 1.165) is 11.5 Å². The minimum Gasteiger partial charge on any atom is -0.481 e. The molecular formula is C10H14N2O2. The standard InChI is InChI=1S/C10H14N2O2/c1-3-8-7-12(2)9(11-8)5-4-6-10(13)14/h3,7H,1,4-6H2,2H3,(H,13,14). The number of aromatic nitrogens is 2. The summed E-state index contributed by atoms with van der Waals surface area (Å²) in [7, 11) is 1.90. The molecule has 4 heteroatoms. The highest BCUT2D eigenvalue weighted by Crippen LogP contribution is 2.06. The van der Waals surface area contributed by atoms with Crippen molar-refractivity contribution >= 4 is 12.0 Å². The average Bonchev–Trinajstić information content (AvgIpc) is 2.47. The van der Waals surface area contributed by atoms with Crippen LogP contribution in [0, 0.1) is 0 Å². The van der Waals surface area contributed by atoms with Crippen LogP contribution in [0.2, 0.25) is 0 Å². The predicted octanol–water partition coefficient (Wildman–Crippen LogP) is 1.47. The molecule has 0 fully saturated rings. The lowest BCUT2D eigenvalue weighted by atomic mass is 10.2. The van der Waals surface area contributed by atoms with Gasteiger partial charge in [0.2, 0.25) is 0 Å². The Morgan fingerprint density at radius 1 is 1.79 bits per heavy atom. The molecule has 0 aliphatic heterocycles. The van der Waals surface area contributed by atoms with Crippen LogP contribution in [-0.2, 0) is 18.3 Å². The largest absolute Gasteiger partial charge is 0.481 e. The van der Waals surface area contributed by atoms with Gasteiger partial charge >= 0.3 is 5.97 Å². The number of hydrogen-bond acceptors (Lipinski definition) is 2. The summed E-state index contributed by atoms with van der Waals surface area (Å²) >= 11 is 0. The van der Waals surface area contributed by atoms with E-state index in [2.05, 4.69) is 11.6 Å². The van der Waals surface area contributed by atoms with Crippen LogP contribution in [0.4, 0.5) is 0 Å². The van der Waals surface area contributed by atoms with Crippen molar-refractivity contribution in [1.29, 1.82) is 0 Å². The third-order valence-corrected chi connectivity index (χ3v) is 1.99. The van der Waals surface area contributed by atoms with Gasteiger partial charge in [0.1, 0.15) is 5.82 Å². The normalized spacial score (nSPS) is 10.1. The Hall–Kier alpha value is -1.58. The first kappa shape index (κ1) is 10.5. The molecule has 0 amide bonds. The smallest absolute Gasteiger partial charge is 0.303 e. The van der Waals surface area contributed by atoms with Crippen molar-refractivity contribution in [2.24, 2.45) is 7.05 Å². The van der Waals surface area contributed by atoms with Gasteiger partial charge in [0, 0.05) is 26.1 Å². The molecule has 0 aliphatic rings. The number of carboxylic acids is 1. The molecule has 0 unspecified atom stereocenters. The molecule has 0 aromatic carbocycles. The fourth-order valence-electron chi connectivity index (χ4n) is 1.26. The van der Waals surface area contributed by atoms with Crippen molar-refractivity contribution in [2.75, 3.05) is 0 Å². The first-order chi connectivity index (χ1) is 6.63. The van der Waals surface area contributed by atoms with Gasteiger partial charge in [-0.15, -0.1) is 0 Å². The Balaban J connectivity index is 2.53. The predicted molar refractivity (Wildman–Crippen MR) is 53.9 cm³/mol. The number of nitrogens with zero attached hydrogens (tertiary/aromatic N) is 2. The molecule has 0 saturated heterocycles. The molecule has 0 atom stereocenters. The highest BCUT2D eigenvalue weighted by atomic mass is 16.4. The maximum Gasteiger partial charge on any atom is 0.303 e. The number of rotatable bonds is 5. The van der Waals surface area contributed by atoms with E-state index in [9.17, 15) is 4.79 Å². The van der Waals surface area contributed by atoms with E-state index in [1.165, 1.54) is 0 Å². The number of carboxylic acid groups (broad SMARTS) is 1. The highest BCUT2D eigenvalue weighted by molar-refractivity contribution is 5.66. The van der Waals surface area contributed by atoms with Crippen LogP contribution in [0.25, 0.3) is 6.08 Å². The monoisotopic (exact) mass is 194 g/mol. The van der Waals surface area contributed by atoms with Gasteiger partial charge in [-0.1, -0.05) is 6.58 Å². The van der Waals surface area contributed by atoms with E-state index >= 15 is 0 Å². The van der Waals surface area contributed by atoms with E-state index in [1.807, 2.05) is 17.8 Å². The number of aliphatic carboxylic acids is 1. The molecular weight excluding hydrogens is 180 g/mol. The number of carbonyl (C=O) groups is 1. The second-order valence-electron chi connectivity index (χ2n) is 3.14. The fraction of sp³-hybridized carbons (Fsp3) is 0.400. The molecule has 0 radical (unpaired) electrons. The topological polar surface area (TPSA) is 55.1 Å². The molecule has 0 saturated carbocycles. The number of hydrogen-bond donors (Lipinski definition) is 1. The van der Waals surface area contributed by atoms with E-state index in [4.69, 9.17) is 5.11 Å². The van der Waals surface area contributed by atoms with Crippen LogP contribution in [-0.4, -0.2) is 20.6 Å². The van der Waals surface area contributed by atoms with Crippen LogP contribution in [0.3, 0.4) is 0 Å². The first-order valence-corrected chi connectivity index (χ1v) is 4.50. The fourth-order valence-corrected chi connectivity index (χ4v) is 1.26. The number of aryl methyl sites for hydroxylation is 2. The summed E-state index contributed by atoms with van der Waals surface area (Å²) in [5.74, 6) is 0.143. The van der Waals surface area contributed by atoms with Crippen molar-refractivity contribution in [2.45, 2.75) is 19.3 Å². The zero-order valence-corrected chi connectivity index (χ0v) is 8.23. The van der Waals surface area contributed by atoms with Gasteiger partial charge in [-0.3, -0.25) is 4.79 Å². The summed E-state index contributed by atoms with van der Waals surface area (Å²) in [5, 5.41) is 8.47. The van der Waals surface area contributed by atoms with Crippen molar-refractivity contribution < 1.29 is 9.90 Å². The Bertz CT molecular complexity index is 342. The molecule has 76 valence electrons. The van der Waals surface area contributed by atoms with Crippen LogP contribution in [0.15, 0.2) is 12.8 Å². The van der Waals surface area contributed by atoms with E-state index in [0.29, 0.717) is 12.8 Å². The minimum absolute atomic E-state index is 0.191. The molecule has 0 aliphatic carbocycles. The van der Waals surface area contributed by atoms with Gasteiger partial charge in [0.25, 0.3) is 0 Å². The van der Waals surface area contributed by atoms with Gasteiger partial charge in [-0.2, -0.15) is 0 Å².